The predicted octanol–water partition coefficient (Wildman–Crippen LogP) is 3.62. The zero-order chi connectivity index (χ0) is 13.3. The maximum atomic E-state index is 10.9. The molecule has 0 bridgehead atoms. The molecule has 0 atom stereocenters. The van der Waals surface area contributed by atoms with Crippen molar-refractivity contribution in [1.82, 2.24) is 9.78 Å². The summed E-state index contributed by atoms with van der Waals surface area (Å²) in [4.78, 5) is 11.9. The Morgan fingerprint density at radius 3 is 2.89 bits per heavy atom. The molecule has 0 aliphatic rings. The number of aromatic nitrogens is 2. The van der Waals surface area contributed by atoms with Crippen LogP contribution in [0.3, 0.4) is 0 Å². The first-order valence-corrected chi connectivity index (χ1v) is 6.72. The second-order valence-corrected chi connectivity index (χ2v) is 5.90. The van der Waals surface area contributed by atoms with Crippen molar-refractivity contribution in [2.75, 3.05) is 0 Å². The first-order chi connectivity index (χ1) is 8.47. The molecular formula is C12H13ClN2O2S. The molecule has 6 heteroatoms. The minimum absolute atomic E-state index is 0.242. The molecule has 0 unspecified atom stereocenters. The molecule has 1 N–H and O–H groups in total. The van der Waals surface area contributed by atoms with Gasteiger partial charge in [0.25, 0.3) is 0 Å². The quantitative estimate of drug-likeness (QED) is 0.933. The van der Waals surface area contributed by atoms with E-state index in [4.69, 9.17) is 16.7 Å². The molecule has 0 saturated heterocycles. The number of carbonyl (C=O) groups is 1. The third-order valence-corrected chi connectivity index (χ3v) is 3.93. The number of carboxylic acids is 1. The number of hydrogen-bond acceptors (Lipinski definition) is 3. The highest BCUT2D eigenvalue weighted by molar-refractivity contribution is 7.18. The third kappa shape index (κ3) is 2.73. The van der Waals surface area contributed by atoms with Crippen LogP contribution in [0.1, 0.15) is 23.5 Å². The van der Waals surface area contributed by atoms with Gasteiger partial charge in [-0.15, -0.1) is 11.3 Å². The molecule has 96 valence electrons. The van der Waals surface area contributed by atoms with Crippen LogP contribution in [0.5, 0.6) is 0 Å². The highest BCUT2D eigenvalue weighted by Crippen LogP contribution is 2.36. The molecule has 0 aliphatic carbocycles. The fourth-order valence-electron chi connectivity index (χ4n) is 1.63. The summed E-state index contributed by atoms with van der Waals surface area (Å²) in [5.41, 5.74) is 0.859. The van der Waals surface area contributed by atoms with Crippen LogP contribution in [0.2, 0.25) is 5.02 Å². The molecule has 2 aromatic heterocycles. The summed E-state index contributed by atoms with van der Waals surface area (Å²) in [5.74, 6) is -0.450. The van der Waals surface area contributed by atoms with Gasteiger partial charge in [0.15, 0.2) is 0 Å². The summed E-state index contributed by atoms with van der Waals surface area (Å²) in [6.45, 7) is 5.05. The summed E-state index contributed by atoms with van der Waals surface area (Å²) in [5, 5.41) is 13.6. The molecule has 0 aliphatic heterocycles. The van der Waals surface area contributed by atoms with E-state index < -0.39 is 5.97 Å². The molecule has 0 spiro atoms. The third-order valence-electron chi connectivity index (χ3n) is 2.35. The fourth-order valence-corrected chi connectivity index (χ4v) is 2.89. The van der Waals surface area contributed by atoms with Gasteiger partial charge in [0.2, 0.25) is 0 Å². The highest BCUT2D eigenvalue weighted by atomic mass is 35.5. The number of carboxylic acid groups (broad SMARTS) is 1. The average Bonchev–Trinajstić information content (AvgIpc) is 2.83. The highest BCUT2D eigenvalue weighted by Gasteiger charge is 2.15. The molecule has 2 rings (SSSR count). The zero-order valence-corrected chi connectivity index (χ0v) is 11.6. The Morgan fingerprint density at radius 2 is 2.33 bits per heavy atom. The number of aromatic carboxylic acids is 1. The van der Waals surface area contributed by atoms with E-state index in [9.17, 15) is 4.79 Å². The maximum Gasteiger partial charge on any atom is 0.345 e. The van der Waals surface area contributed by atoms with Crippen LogP contribution in [0, 0.1) is 5.92 Å². The van der Waals surface area contributed by atoms with Crippen molar-refractivity contribution in [3.8, 4) is 10.4 Å². The molecule has 18 heavy (non-hydrogen) atoms. The lowest BCUT2D eigenvalue weighted by Gasteiger charge is -2.03. The van der Waals surface area contributed by atoms with Gasteiger partial charge in [-0.25, -0.2) is 4.79 Å². The number of nitrogens with zero attached hydrogens (tertiary/aromatic N) is 2. The molecule has 0 radical (unpaired) electrons. The number of halogens is 1. The van der Waals surface area contributed by atoms with Crippen molar-refractivity contribution in [2.45, 2.75) is 20.4 Å². The second-order valence-electron chi connectivity index (χ2n) is 4.44. The lowest BCUT2D eigenvalue weighted by atomic mass is 10.2. The smallest absolute Gasteiger partial charge is 0.345 e. The van der Waals surface area contributed by atoms with Gasteiger partial charge >= 0.3 is 5.97 Å². The lowest BCUT2D eigenvalue weighted by Crippen LogP contribution is -2.03. The van der Waals surface area contributed by atoms with Crippen LogP contribution in [-0.4, -0.2) is 20.9 Å². The van der Waals surface area contributed by atoms with Gasteiger partial charge in [0.05, 0.1) is 16.1 Å². The van der Waals surface area contributed by atoms with Crippen molar-refractivity contribution in [2.24, 2.45) is 5.92 Å². The first kappa shape index (κ1) is 13.1. The van der Waals surface area contributed by atoms with E-state index in [2.05, 4.69) is 18.9 Å². The van der Waals surface area contributed by atoms with Gasteiger partial charge in [0, 0.05) is 18.3 Å². The topological polar surface area (TPSA) is 55.1 Å². The Labute approximate surface area is 114 Å². The number of thiophene rings is 1. The van der Waals surface area contributed by atoms with E-state index in [1.54, 1.807) is 6.20 Å². The number of rotatable bonds is 4. The number of hydrogen-bond donors (Lipinski definition) is 1. The maximum absolute atomic E-state index is 10.9. The minimum Gasteiger partial charge on any atom is -0.477 e. The lowest BCUT2D eigenvalue weighted by molar-refractivity contribution is 0.0702. The van der Waals surface area contributed by atoms with Crippen LogP contribution in [0.4, 0.5) is 0 Å². The zero-order valence-electron chi connectivity index (χ0n) is 10.1. The standard InChI is InChI=1S/C12H13ClN2O2S/c1-7(2)5-15-6-8(4-14-15)11-9(13)3-10(18-11)12(16)17/h3-4,6-7H,5H2,1-2H3,(H,16,17). The Kier molecular flexibility index (Phi) is 3.73. The van der Waals surface area contributed by atoms with E-state index in [1.165, 1.54) is 17.4 Å². The van der Waals surface area contributed by atoms with E-state index in [1.807, 2.05) is 10.9 Å². The van der Waals surface area contributed by atoms with Crippen LogP contribution < -0.4 is 0 Å². The van der Waals surface area contributed by atoms with E-state index in [-0.39, 0.29) is 4.88 Å². The fraction of sp³-hybridized carbons (Fsp3) is 0.333. The van der Waals surface area contributed by atoms with Crippen molar-refractivity contribution >= 4 is 28.9 Å². The van der Waals surface area contributed by atoms with Gasteiger partial charge in [0.1, 0.15) is 4.88 Å². The molecule has 0 amide bonds. The molecule has 0 saturated carbocycles. The van der Waals surface area contributed by atoms with E-state index in [0.29, 0.717) is 10.9 Å². The van der Waals surface area contributed by atoms with Crippen molar-refractivity contribution in [3.63, 3.8) is 0 Å². The Bertz CT molecular complexity index is 574. The normalized spacial score (nSPS) is 11.1. The molecular weight excluding hydrogens is 272 g/mol. The van der Waals surface area contributed by atoms with Gasteiger partial charge in [-0.2, -0.15) is 5.10 Å². The second kappa shape index (κ2) is 5.12. The van der Waals surface area contributed by atoms with Gasteiger partial charge in [-0.1, -0.05) is 25.4 Å². The van der Waals surface area contributed by atoms with Crippen molar-refractivity contribution in [1.29, 1.82) is 0 Å². The van der Waals surface area contributed by atoms with Crippen molar-refractivity contribution < 1.29 is 9.90 Å². The first-order valence-electron chi connectivity index (χ1n) is 5.53. The van der Waals surface area contributed by atoms with Crippen LogP contribution in [0.25, 0.3) is 10.4 Å². The Balaban J connectivity index is 2.31. The van der Waals surface area contributed by atoms with Crippen LogP contribution in [-0.2, 0) is 6.54 Å². The summed E-state index contributed by atoms with van der Waals surface area (Å²) in [6, 6.07) is 1.48. The summed E-state index contributed by atoms with van der Waals surface area (Å²) < 4.78 is 1.84. The summed E-state index contributed by atoms with van der Waals surface area (Å²) >= 11 is 7.22. The molecule has 4 nitrogen and oxygen atoms in total. The van der Waals surface area contributed by atoms with Crippen LogP contribution in [0.15, 0.2) is 18.5 Å². The molecule has 2 heterocycles. The average molecular weight is 285 g/mol. The van der Waals surface area contributed by atoms with E-state index >= 15 is 0 Å². The van der Waals surface area contributed by atoms with Gasteiger partial charge in [-0.3, -0.25) is 4.68 Å². The van der Waals surface area contributed by atoms with Gasteiger partial charge in [-0.05, 0) is 12.0 Å². The molecule has 0 fully saturated rings. The molecule has 0 aromatic carbocycles. The Morgan fingerprint density at radius 1 is 1.61 bits per heavy atom. The van der Waals surface area contributed by atoms with E-state index in [0.717, 1.165) is 17.0 Å². The molecule has 2 aromatic rings. The van der Waals surface area contributed by atoms with Crippen LogP contribution >= 0.6 is 22.9 Å². The van der Waals surface area contributed by atoms with Gasteiger partial charge < -0.3 is 5.11 Å². The largest absolute Gasteiger partial charge is 0.477 e. The van der Waals surface area contributed by atoms with Crippen molar-refractivity contribution in [3.05, 3.63) is 28.4 Å². The minimum atomic E-state index is -0.956. The summed E-state index contributed by atoms with van der Waals surface area (Å²) in [6.07, 6.45) is 3.61. The monoisotopic (exact) mass is 284 g/mol. The SMILES string of the molecule is CC(C)Cn1cc(-c2sc(C(=O)O)cc2Cl)cn1. The predicted molar refractivity (Wildman–Crippen MR) is 72.3 cm³/mol. The Hall–Kier alpha value is -1.33. The summed E-state index contributed by atoms with van der Waals surface area (Å²) in [7, 11) is 0.